The number of nitrogens with two attached hydrogens (primary N) is 1. The van der Waals surface area contributed by atoms with E-state index in [1.165, 1.54) is 12.4 Å². The highest BCUT2D eigenvalue weighted by Crippen LogP contribution is 2.13. The lowest BCUT2D eigenvalue weighted by Gasteiger charge is -2.35. The smallest absolute Gasteiger partial charge is 0.319 e. The Labute approximate surface area is 137 Å². The van der Waals surface area contributed by atoms with E-state index in [1.54, 1.807) is 18.5 Å². The number of imidazole rings is 1. The summed E-state index contributed by atoms with van der Waals surface area (Å²) in [5, 5.41) is 0. The summed E-state index contributed by atoms with van der Waals surface area (Å²) in [4.78, 5) is 20.5. The second kappa shape index (κ2) is 7.20. The third kappa shape index (κ3) is 3.58. The molecular formula is C14H18F2N8. The lowest BCUT2D eigenvalue weighted by atomic mass is 10.3. The molecule has 1 saturated heterocycles. The van der Waals surface area contributed by atoms with E-state index >= 15 is 0 Å². The van der Waals surface area contributed by atoms with Gasteiger partial charge in [-0.15, -0.1) is 0 Å². The number of guanidine groups is 1. The standard InChI is InChI=1S/C14H18F2N8/c15-12(16)24-5-4-18-11(24)10-21-13(17)22-6-8-23(9-7-22)14-19-2-1-3-20-14/h1-5,12H,6-10H2,(H2,17,21). The molecule has 2 N–H and O–H groups in total. The molecule has 1 aliphatic heterocycles. The van der Waals surface area contributed by atoms with Gasteiger partial charge in [0.05, 0.1) is 0 Å². The Morgan fingerprint density at radius 2 is 1.83 bits per heavy atom. The molecule has 0 aromatic carbocycles. The molecule has 0 amide bonds. The molecule has 0 spiro atoms. The monoisotopic (exact) mass is 336 g/mol. The Bertz CT molecular complexity index is 679. The second-order valence-electron chi connectivity index (χ2n) is 5.23. The lowest BCUT2D eigenvalue weighted by Crippen LogP contribution is -2.51. The van der Waals surface area contributed by atoms with Gasteiger partial charge in [0.1, 0.15) is 12.4 Å². The van der Waals surface area contributed by atoms with Crippen molar-refractivity contribution < 1.29 is 8.78 Å². The van der Waals surface area contributed by atoms with E-state index in [4.69, 9.17) is 5.73 Å². The molecule has 3 heterocycles. The van der Waals surface area contributed by atoms with Gasteiger partial charge in [-0.2, -0.15) is 8.78 Å². The molecule has 2 aromatic rings. The van der Waals surface area contributed by atoms with Gasteiger partial charge in [-0.05, 0) is 6.07 Å². The zero-order valence-electron chi connectivity index (χ0n) is 13.0. The molecule has 3 rings (SSSR count). The number of rotatable bonds is 4. The number of nitrogens with zero attached hydrogens (tertiary/aromatic N) is 7. The summed E-state index contributed by atoms with van der Waals surface area (Å²) in [5.74, 6) is 1.20. The van der Waals surface area contributed by atoms with E-state index in [2.05, 4.69) is 24.8 Å². The van der Waals surface area contributed by atoms with Gasteiger partial charge >= 0.3 is 6.55 Å². The Balaban J connectivity index is 1.57. The third-order valence-corrected chi connectivity index (χ3v) is 3.78. The van der Waals surface area contributed by atoms with Crippen LogP contribution in [-0.2, 0) is 6.54 Å². The first-order chi connectivity index (χ1) is 11.6. The summed E-state index contributed by atoms with van der Waals surface area (Å²) in [5.41, 5.74) is 5.98. The van der Waals surface area contributed by atoms with E-state index in [-0.39, 0.29) is 12.4 Å². The second-order valence-corrected chi connectivity index (χ2v) is 5.23. The summed E-state index contributed by atoms with van der Waals surface area (Å²) < 4.78 is 26.3. The van der Waals surface area contributed by atoms with Crippen molar-refractivity contribution in [1.82, 2.24) is 24.4 Å². The highest BCUT2D eigenvalue weighted by molar-refractivity contribution is 5.78. The highest BCUT2D eigenvalue weighted by atomic mass is 19.3. The summed E-state index contributed by atoms with van der Waals surface area (Å²) >= 11 is 0. The largest absolute Gasteiger partial charge is 0.370 e. The number of aliphatic imine (C=N–C) groups is 1. The van der Waals surface area contributed by atoms with E-state index in [1.807, 2.05) is 4.90 Å². The van der Waals surface area contributed by atoms with Crippen LogP contribution < -0.4 is 10.6 Å². The van der Waals surface area contributed by atoms with Crippen molar-refractivity contribution in [2.75, 3.05) is 31.1 Å². The van der Waals surface area contributed by atoms with Gasteiger partial charge in [-0.3, -0.25) is 4.57 Å². The minimum absolute atomic E-state index is 0.0190. The van der Waals surface area contributed by atoms with Crippen molar-refractivity contribution in [3.63, 3.8) is 0 Å². The Morgan fingerprint density at radius 3 is 2.50 bits per heavy atom. The molecule has 24 heavy (non-hydrogen) atoms. The highest BCUT2D eigenvalue weighted by Gasteiger charge is 2.20. The predicted octanol–water partition coefficient (Wildman–Crippen LogP) is 0.705. The van der Waals surface area contributed by atoms with Gasteiger partial charge in [-0.25, -0.2) is 19.9 Å². The molecule has 128 valence electrons. The SMILES string of the molecule is NC(=NCc1nccn1C(F)F)N1CCN(c2ncccn2)CC1. The lowest BCUT2D eigenvalue weighted by molar-refractivity contribution is 0.0671. The van der Waals surface area contributed by atoms with Crippen molar-refractivity contribution in [3.8, 4) is 0 Å². The Kier molecular flexibility index (Phi) is 4.82. The molecule has 0 bridgehead atoms. The van der Waals surface area contributed by atoms with E-state index in [0.29, 0.717) is 38.1 Å². The molecule has 10 heteroatoms. The van der Waals surface area contributed by atoms with Gasteiger partial charge in [0, 0.05) is 51.0 Å². The van der Waals surface area contributed by atoms with Crippen LogP contribution in [-0.4, -0.2) is 56.6 Å². The first-order valence-electron chi connectivity index (χ1n) is 7.52. The number of piperazine rings is 1. The molecule has 0 atom stereocenters. The van der Waals surface area contributed by atoms with Crippen LogP contribution >= 0.6 is 0 Å². The molecule has 0 aliphatic carbocycles. The number of hydrogen-bond acceptors (Lipinski definition) is 5. The fraction of sp³-hybridized carbons (Fsp3) is 0.429. The molecule has 8 nitrogen and oxygen atoms in total. The number of hydrogen-bond donors (Lipinski definition) is 1. The van der Waals surface area contributed by atoms with Crippen LogP contribution in [0.25, 0.3) is 0 Å². The van der Waals surface area contributed by atoms with Crippen LogP contribution in [0.2, 0.25) is 0 Å². The predicted molar refractivity (Wildman–Crippen MR) is 84.6 cm³/mol. The van der Waals surface area contributed by atoms with Gasteiger partial charge in [0.15, 0.2) is 5.96 Å². The Morgan fingerprint density at radius 1 is 1.12 bits per heavy atom. The number of halogens is 2. The summed E-state index contributed by atoms with van der Waals surface area (Å²) in [6.07, 6.45) is 5.96. The van der Waals surface area contributed by atoms with Crippen molar-refractivity contribution in [3.05, 3.63) is 36.7 Å². The van der Waals surface area contributed by atoms with Crippen LogP contribution in [0, 0.1) is 0 Å². The quantitative estimate of drug-likeness (QED) is 0.653. The summed E-state index contributed by atoms with van der Waals surface area (Å²) in [6.45, 7) is 0.143. The number of aromatic nitrogens is 4. The van der Waals surface area contributed by atoms with Gasteiger partial charge in [0.25, 0.3) is 0 Å². The van der Waals surface area contributed by atoms with Crippen molar-refractivity contribution in [1.29, 1.82) is 0 Å². The first kappa shape index (κ1) is 16.1. The fourth-order valence-corrected chi connectivity index (χ4v) is 2.49. The average molecular weight is 336 g/mol. The van der Waals surface area contributed by atoms with Gasteiger partial charge in [-0.1, -0.05) is 0 Å². The topological polar surface area (TPSA) is 88.5 Å². The minimum atomic E-state index is -2.63. The molecule has 2 aromatic heterocycles. The van der Waals surface area contributed by atoms with Gasteiger partial charge in [0.2, 0.25) is 5.95 Å². The van der Waals surface area contributed by atoms with E-state index in [0.717, 1.165) is 4.57 Å². The van der Waals surface area contributed by atoms with Crippen LogP contribution in [0.1, 0.15) is 12.4 Å². The maximum Gasteiger partial charge on any atom is 0.319 e. The number of anilines is 1. The zero-order chi connectivity index (χ0) is 16.9. The van der Waals surface area contributed by atoms with Gasteiger partial charge < -0.3 is 15.5 Å². The molecule has 0 saturated carbocycles. The maximum atomic E-state index is 12.8. The van der Waals surface area contributed by atoms with Crippen LogP contribution in [0.3, 0.4) is 0 Å². The summed E-state index contributed by atoms with van der Waals surface area (Å²) in [7, 11) is 0. The van der Waals surface area contributed by atoms with Crippen LogP contribution in [0.5, 0.6) is 0 Å². The summed E-state index contributed by atoms with van der Waals surface area (Å²) in [6, 6.07) is 1.77. The minimum Gasteiger partial charge on any atom is -0.370 e. The average Bonchev–Trinajstić information content (AvgIpc) is 3.09. The van der Waals surface area contributed by atoms with Crippen LogP contribution in [0.4, 0.5) is 14.7 Å². The van der Waals surface area contributed by atoms with Crippen molar-refractivity contribution in [2.45, 2.75) is 13.1 Å². The number of alkyl halides is 2. The van der Waals surface area contributed by atoms with E-state index in [9.17, 15) is 8.78 Å². The third-order valence-electron chi connectivity index (χ3n) is 3.78. The van der Waals surface area contributed by atoms with Crippen molar-refractivity contribution in [2.24, 2.45) is 10.7 Å². The molecule has 1 fully saturated rings. The maximum absolute atomic E-state index is 12.8. The Hall–Kier alpha value is -2.78. The molecular weight excluding hydrogens is 318 g/mol. The first-order valence-corrected chi connectivity index (χ1v) is 7.52. The van der Waals surface area contributed by atoms with Crippen molar-refractivity contribution >= 4 is 11.9 Å². The van der Waals surface area contributed by atoms with Crippen LogP contribution in [0.15, 0.2) is 35.8 Å². The fourth-order valence-electron chi connectivity index (χ4n) is 2.49. The van der Waals surface area contributed by atoms with E-state index < -0.39 is 6.55 Å². The molecule has 1 aliphatic rings. The molecule has 0 unspecified atom stereocenters. The molecule has 0 radical (unpaired) electrons. The zero-order valence-corrected chi connectivity index (χ0v) is 13.0. The normalized spacial score (nSPS) is 16.0.